The van der Waals surface area contributed by atoms with Gasteiger partial charge in [-0.3, -0.25) is 4.79 Å². The molecule has 0 aliphatic rings. The van der Waals surface area contributed by atoms with Crippen molar-refractivity contribution in [3.63, 3.8) is 0 Å². The highest BCUT2D eigenvalue weighted by Crippen LogP contribution is 2.22. The quantitative estimate of drug-likeness (QED) is 0.598. The molecule has 4 nitrogen and oxygen atoms in total. The van der Waals surface area contributed by atoms with Crippen molar-refractivity contribution >= 4 is 44.7 Å². The summed E-state index contributed by atoms with van der Waals surface area (Å²) in [6, 6.07) is 10.6. The summed E-state index contributed by atoms with van der Waals surface area (Å²) in [6.45, 7) is -0.252. The lowest BCUT2D eigenvalue weighted by Gasteiger charge is -2.13. The molecule has 2 rings (SSSR count). The van der Waals surface area contributed by atoms with Crippen LogP contribution < -0.4 is 4.90 Å². The maximum Gasteiger partial charge on any atom is 0.338 e. The van der Waals surface area contributed by atoms with E-state index in [0.717, 1.165) is 9.47 Å². The van der Waals surface area contributed by atoms with Gasteiger partial charge in [0.25, 0.3) is 0 Å². The molecule has 0 atom stereocenters. The largest absolute Gasteiger partial charge is 0.454 e. The number of anilines is 1. The lowest BCUT2D eigenvalue weighted by atomic mass is 10.2. The van der Waals surface area contributed by atoms with E-state index < -0.39 is 5.97 Å². The first-order chi connectivity index (χ1) is 9.97. The topological polar surface area (TPSA) is 46.6 Å². The Bertz CT molecular complexity index is 666. The Morgan fingerprint density at radius 3 is 2.62 bits per heavy atom. The number of benzene rings is 1. The number of hydrogen-bond donors (Lipinski definition) is 0. The van der Waals surface area contributed by atoms with Gasteiger partial charge in [0.15, 0.2) is 6.61 Å². The summed E-state index contributed by atoms with van der Waals surface area (Å²) < 4.78 is 5.94. The zero-order valence-electron chi connectivity index (χ0n) is 11.6. The van der Waals surface area contributed by atoms with Crippen LogP contribution in [0.2, 0.25) is 0 Å². The molecule has 0 saturated heterocycles. The molecule has 0 unspecified atom stereocenters. The van der Waals surface area contributed by atoms with Gasteiger partial charge in [-0.2, -0.15) is 0 Å². The van der Waals surface area contributed by atoms with Crippen LogP contribution in [0, 0.1) is 0 Å². The van der Waals surface area contributed by atoms with E-state index >= 15 is 0 Å². The Labute approximate surface area is 135 Å². The van der Waals surface area contributed by atoms with Gasteiger partial charge in [0.05, 0.1) is 14.2 Å². The van der Waals surface area contributed by atoms with Gasteiger partial charge < -0.3 is 9.64 Å². The average Bonchev–Trinajstić information content (AvgIpc) is 2.91. The highest BCUT2D eigenvalue weighted by molar-refractivity contribution is 9.11. The molecular formula is C15H14BrNO3S. The van der Waals surface area contributed by atoms with E-state index in [2.05, 4.69) is 15.9 Å². The van der Waals surface area contributed by atoms with Gasteiger partial charge in [0, 0.05) is 19.8 Å². The highest BCUT2D eigenvalue weighted by atomic mass is 79.9. The van der Waals surface area contributed by atoms with Crippen molar-refractivity contribution in [3.8, 4) is 0 Å². The summed E-state index contributed by atoms with van der Waals surface area (Å²) in [4.78, 5) is 26.3. The van der Waals surface area contributed by atoms with Crippen molar-refractivity contribution in [1.29, 1.82) is 0 Å². The van der Waals surface area contributed by atoms with E-state index in [1.54, 1.807) is 30.3 Å². The molecule has 0 fully saturated rings. The van der Waals surface area contributed by atoms with Crippen LogP contribution in [0.25, 0.3) is 0 Å². The van der Waals surface area contributed by atoms with E-state index in [1.807, 2.05) is 25.1 Å². The van der Waals surface area contributed by atoms with Crippen LogP contribution >= 0.6 is 27.3 Å². The number of carbonyl (C=O) groups excluding carboxylic acids is 2. The van der Waals surface area contributed by atoms with Crippen molar-refractivity contribution in [2.24, 2.45) is 0 Å². The molecule has 6 heteroatoms. The minimum Gasteiger partial charge on any atom is -0.454 e. The number of thiophene rings is 1. The molecule has 0 spiro atoms. The first-order valence-corrected chi connectivity index (χ1v) is 7.81. The smallest absolute Gasteiger partial charge is 0.338 e. The molecule has 1 aromatic carbocycles. The third-order valence-corrected chi connectivity index (χ3v) is 4.45. The Morgan fingerprint density at radius 2 is 2.00 bits per heavy atom. The van der Waals surface area contributed by atoms with Crippen LogP contribution in [0.15, 0.2) is 40.2 Å². The molecule has 110 valence electrons. The second-order valence-corrected chi connectivity index (χ2v) is 7.01. The summed E-state index contributed by atoms with van der Waals surface area (Å²) in [6.07, 6.45) is 0. The first-order valence-electron chi connectivity index (χ1n) is 6.20. The second kappa shape index (κ2) is 6.87. The predicted molar refractivity (Wildman–Crippen MR) is 87.4 cm³/mol. The van der Waals surface area contributed by atoms with E-state index in [9.17, 15) is 9.59 Å². The monoisotopic (exact) mass is 367 g/mol. The number of esters is 1. The number of nitrogens with zero attached hydrogens (tertiary/aromatic N) is 1. The first kappa shape index (κ1) is 15.7. The van der Waals surface area contributed by atoms with Crippen LogP contribution in [0.5, 0.6) is 0 Å². The van der Waals surface area contributed by atoms with Crippen molar-refractivity contribution in [3.05, 3.63) is 50.6 Å². The van der Waals surface area contributed by atoms with Gasteiger partial charge in [-0.1, -0.05) is 6.07 Å². The summed E-state index contributed by atoms with van der Waals surface area (Å²) in [5.41, 5.74) is 1.33. The molecule has 0 aliphatic heterocycles. The predicted octanol–water partition coefficient (Wildman–Crippen LogP) is 3.62. The van der Waals surface area contributed by atoms with Gasteiger partial charge in [-0.15, -0.1) is 11.3 Å². The van der Waals surface area contributed by atoms with Gasteiger partial charge >= 0.3 is 5.97 Å². The van der Waals surface area contributed by atoms with Crippen molar-refractivity contribution in [2.75, 3.05) is 25.6 Å². The van der Waals surface area contributed by atoms with Crippen molar-refractivity contribution in [2.45, 2.75) is 0 Å². The molecule has 1 aromatic heterocycles. The lowest BCUT2D eigenvalue weighted by Crippen LogP contribution is -2.14. The maximum atomic E-state index is 12.0. The number of rotatable bonds is 5. The normalized spacial score (nSPS) is 10.2. The maximum absolute atomic E-state index is 12.0. The Kier molecular flexibility index (Phi) is 5.14. The number of halogens is 1. The second-order valence-electron chi connectivity index (χ2n) is 4.55. The van der Waals surface area contributed by atoms with Crippen molar-refractivity contribution < 1.29 is 14.3 Å². The molecule has 0 saturated carbocycles. The zero-order chi connectivity index (χ0) is 15.4. The molecule has 0 bridgehead atoms. The standard InChI is InChI=1S/C15H14BrNO3S/c1-17(2)11-5-3-4-10(8-11)15(19)20-9-12(18)13-6-7-14(16)21-13/h3-8H,9H2,1-2H3. The number of carbonyl (C=O) groups is 2. The SMILES string of the molecule is CN(C)c1cccc(C(=O)OCC(=O)c2ccc(Br)s2)c1. The molecule has 0 amide bonds. The molecule has 21 heavy (non-hydrogen) atoms. The summed E-state index contributed by atoms with van der Waals surface area (Å²) >= 11 is 4.61. The summed E-state index contributed by atoms with van der Waals surface area (Å²) in [7, 11) is 3.78. The van der Waals surface area contributed by atoms with Crippen LogP contribution in [0.4, 0.5) is 5.69 Å². The van der Waals surface area contributed by atoms with Crippen molar-refractivity contribution in [1.82, 2.24) is 0 Å². The Morgan fingerprint density at radius 1 is 1.24 bits per heavy atom. The van der Waals surface area contributed by atoms with Crippen LogP contribution in [-0.2, 0) is 4.74 Å². The summed E-state index contributed by atoms with van der Waals surface area (Å²) in [5, 5.41) is 0. The Balaban J connectivity index is 1.98. The molecule has 0 N–H and O–H groups in total. The van der Waals surface area contributed by atoms with E-state index in [1.165, 1.54) is 11.3 Å². The van der Waals surface area contributed by atoms with Gasteiger partial charge in [0.2, 0.25) is 5.78 Å². The molecule has 0 aliphatic carbocycles. The zero-order valence-corrected chi connectivity index (χ0v) is 14.0. The molecule has 0 radical (unpaired) electrons. The number of ketones is 1. The third-order valence-electron chi connectivity index (χ3n) is 2.78. The van der Waals surface area contributed by atoms with Crippen LogP contribution in [-0.4, -0.2) is 32.5 Å². The minimum absolute atomic E-state index is 0.206. The molecule has 1 heterocycles. The van der Waals surface area contributed by atoms with E-state index in [-0.39, 0.29) is 12.4 Å². The fraction of sp³-hybridized carbons (Fsp3) is 0.200. The van der Waals surface area contributed by atoms with Crippen LogP contribution in [0.3, 0.4) is 0 Å². The van der Waals surface area contributed by atoms with Crippen LogP contribution in [0.1, 0.15) is 20.0 Å². The Hall–Kier alpha value is -1.66. The van der Waals surface area contributed by atoms with Gasteiger partial charge in [-0.25, -0.2) is 4.79 Å². The summed E-state index contributed by atoms with van der Waals surface area (Å²) in [5.74, 6) is -0.703. The van der Waals surface area contributed by atoms with E-state index in [4.69, 9.17) is 4.74 Å². The number of hydrogen-bond acceptors (Lipinski definition) is 5. The van der Waals surface area contributed by atoms with Gasteiger partial charge in [-0.05, 0) is 46.3 Å². The average molecular weight is 368 g/mol. The van der Waals surface area contributed by atoms with E-state index in [0.29, 0.717) is 10.4 Å². The molecule has 2 aromatic rings. The van der Waals surface area contributed by atoms with Gasteiger partial charge in [0.1, 0.15) is 0 Å². The third kappa shape index (κ3) is 4.15. The number of ether oxygens (including phenoxy) is 1. The molecular weight excluding hydrogens is 354 g/mol. The number of Topliss-reactive ketones (excluding diaryl/α,β-unsaturated/α-hetero) is 1. The minimum atomic E-state index is -0.498. The highest BCUT2D eigenvalue weighted by Gasteiger charge is 2.14. The fourth-order valence-electron chi connectivity index (χ4n) is 1.66. The lowest BCUT2D eigenvalue weighted by molar-refractivity contribution is 0.0476. The fourth-order valence-corrected chi connectivity index (χ4v) is 2.97.